The van der Waals surface area contributed by atoms with Crippen molar-refractivity contribution in [3.63, 3.8) is 0 Å². The highest BCUT2D eigenvalue weighted by atomic mass is 127. The van der Waals surface area contributed by atoms with E-state index >= 15 is 0 Å². The van der Waals surface area contributed by atoms with E-state index in [1.54, 1.807) is 27.2 Å². The van der Waals surface area contributed by atoms with Crippen LogP contribution in [0.25, 0.3) is 10.9 Å². The Morgan fingerprint density at radius 1 is 1.43 bits per heavy atom. The van der Waals surface area contributed by atoms with Crippen molar-refractivity contribution >= 4 is 39.5 Å². The molecule has 2 aromatic rings. The molecule has 0 aliphatic rings. The maximum absolute atomic E-state index is 13.8. The van der Waals surface area contributed by atoms with Crippen LogP contribution in [0.15, 0.2) is 23.1 Å². The summed E-state index contributed by atoms with van der Waals surface area (Å²) in [4.78, 5) is 25.3. The molecule has 2 rings (SSSR count). The monoisotopic (exact) mass is 404 g/mol. The molecular weight excluding hydrogens is 390 g/mol. The summed E-state index contributed by atoms with van der Waals surface area (Å²) < 4.78 is 15.7. The number of pyridine rings is 1. The quantitative estimate of drug-likeness (QED) is 0.793. The first kappa shape index (κ1) is 15.9. The summed E-state index contributed by atoms with van der Waals surface area (Å²) in [5.74, 6) is -1.70. The number of aromatic carboxylic acids is 1. The third-order valence-electron chi connectivity index (χ3n) is 3.14. The van der Waals surface area contributed by atoms with Gasteiger partial charge in [0.25, 0.3) is 0 Å². The van der Waals surface area contributed by atoms with Gasteiger partial charge in [-0.25, -0.2) is 9.18 Å². The van der Waals surface area contributed by atoms with Crippen LogP contribution in [0, 0.1) is 9.39 Å². The highest BCUT2D eigenvalue weighted by Gasteiger charge is 2.16. The minimum atomic E-state index is -1.28. The fraction of sp³-hybridized carbons (Fsp3) is 0.286. The lowest BCUT2D eigenvalue weighted by Crippen LogP contribution is -2.23. The Morgan fingerprint density at radius 2 is 2.10 bits per heavy atom. The highest BCUT2D eigenvalue weighted by molar-refractivity contribution is 14.1. The Kier molecular flexibility index (Phi) is 4.62. The zero-order valence-electron chi connectivity index (χ0n) is 11.6. The first-order chi connectivity index (χ1) is 9.81. The van der Waals surface area contributed by atoms with Crippen molar-refractivity contribution in [2.24, 2.45) is 0 Å². The Balaban J connectivity index is 2.75. The summed E-state index contributed by atoms with van der Waals surface area (Å²) in [6.07, 6.45) is 1.28. The normalized spacial score (nSPS) is 11.3. The van der Waals surface area contributed by atoms with Crippen LogP contribution < -0.4 is 5.43 Å². The van der Waals surface area contributed by atoms with Gasteiger partial charge in [-0.05, 0) is 48.8 Å². The van der Waals surface area contributed by atoms with Gasteiger partial charge in [-0.2, -0.15) is 0 Å². The summed E-state index contributed by atoms with van der Waals surface area (Å²) in [7, 11) is 3.76. The second kappa shape index (κ2) is 6.10. The predicted octanol–water partition coefficient (Wildman–Crippen LogP) is 2.00. The number of hydrogen-bond donors (Lipinski definition) is 1. The number of halogens is 2. The van der Waals surface area contributed by atoms with E-state index in [1.165, 1.54) is 18.3 Å². The number of hydrogen-bond acceptors (Lipinski definition) is 3. The van der Waals surface area contributed by atoms with Crippen molar-refractivity contribution in [2.45, 2.75) is 6.54 Å². The van der Waals surface area contributed by atoms with Crippen molar-refractivity contribution in [1.29, 1.82) is 0 Å². The number of carbonyl (C=O) groups is 1. The van der Waals surface area contributed by atoms with Gasteiger partial charge >= 0.3 is 5.97 Å². The molecule has 0 amide bonds. The number of rotatable bonds is 4. The lowest BCUT2D eigenvalue weighted by Gasteiger charge is -2.15. The summed E-state index contributed by atoms with van der Waals surface area (Å²) in [5, 5.41) is 9.37. The molecule has 0 radical (unpaired) electrons. The van der Waals surface area contributed by atoms with Gasteiger partial charge < -0.3 is 14.6 Å². The van der Waals surface area contributed by atoms with Gasteiger partial charge in [0.05, 0.1) is 5.52 Å². The van der Waals surface area contributed by atoms with Crippen LogP contribution in [0.1, 0.15) is 10.4 Å². The largest absolute Gasteiger partial charge is 0.477 e. The Hall–Kier alpha value is -1.48. The van der Waals surface area contributed by atoms with Crippen molar-refractivity contribution in [3.05, 3.63) is 43.5 Å². The third-order valence-corrected chi connectivity index (χ3v) is 3.97. The first-order valence-corrected chi connectivity index (χ1v) is 7.29. The van der Waals surface area contributed by atoms with E-state index in [0.29, 0.717) is 22.2 Å². The number of carboxylic acid groups (broad SMARTS) is 1. The molecule has 0 saturated heterocycles. The number of carboxylic acids is 1. The van der Waals surface area contributed by atoms with Gasteiger partial charge in [-0.1, -0.05) is 0 Å². The second-order valence-corrected chi connectivity index (χ2v) is 6.12. The van der Waals surface area contributed by atoms with Crippen LogP contribution in [0.3, 0.4) is 0 Å². The minimum Gasteiger partial charge on any atom is -0.477 e. The van der Waals surface area contributed by atoms with Crippen LogP contribution in [-0.4, -0.2) is 41.2 Å². The van der Waals surface area contributed by atoms with Gasteiger partial charge in [-0.3, -0.25) is 4.79 Å². The molecule has 1 aromatic heterocycles. The molecule has 1 aromatic carbocycles. The maximum Gasteiger partial charge on any atom is 0.341 e. The van der Waals surface area contributed by atoms with Crippen LogP contribution in [-0.2, 0) is 6.54 Å². The Morgan fingerprint density at radius 3 is 2.67 bits per heavy atom. The van der Waals surface area contributed by atoms with E-state index in [4.69, 9.17) is 5.11 Å². The molecule has 0 atom stereocenters. The van der Waals surface area contributed by atoms with Crippen LogP contribution in [0.2, 0.25) is 0 Å². The van der Waals surface area contributed by atoms with Crippen LogP contribution in [0.4, 0.5) is 4.39 Å². The van der Waals surface area contributed by atoms with Crippen molar-refractivity contribution in [2.75, 3.05) is 20.6 Å². The van der Waals surface area contributed by atoms with E-state index in [1.807, 2.05) is 19.0 Å². The van der Waals surface area contributed by atoms with E-state index in [9.17, 15) is 14.0 Å². The number of benzene rings is 1. The highest BCUT2D eigenvalue weighted by Crippen LogP contribution is 2.19. The fourth-order valence-electron chi connectivity index (χ4n) is 2.03. The molecule has 5 nitrogen and oxygen atoms in total. The SMILES string of the molecule is CN(C)CCn1cc(C(=O)O)c(=O)c2cc(I)c(F)cc21. The molecule has 0 unspecified atom stereocenters. The van der Waals surface area contributed by atoms with Gasteiger partial charge in [0, 0.05) is 28.2 Å². The van der Waals surface area contributed by atoms with Gasteiger partial charge in [-0.15, -0.1) is 0 Å². The van der Waals surface area contributed by atoms with Crippen molar-refractivity contribution in [1.82, 2.24) is 9.47 Å². The number of aromatic nitrogens is 1. The maximum atomic E-state index is 13.8. The Labute approximate surface area is 134 Å². The molecule has 0 spiro atoms. The molecule has 0 aliphatic heterocycles. The lowest BCUT2D eigenvalue weighted by molar-refractivity contribution is 0.0695. The summed E-state index contributed by atoms with van der Waals surface area (Å²) >= 11 is 1.78. The fourth-order valence-corrected chi connectivity index (χ4v) is 2.50. The predicted molar refractivity (Wildman–Crippen MR) is 86.4 cm³/mol. The smallest absolute Gasteiger partial charge is 0.341 e. The molecule has 7 heteroatoms. The van der Waals surface area contributed by atoms with Crippen LogP contribution in [0.5, 0.6) is 0 Å². The molecule has 0 saturated carbocycles. The first-order valence-electron chi connectivity index (χ1n) is 6.21. The van der Waals surface area contributed by atoms with Gasteiger partial charge in [0.1, 0.15) is 11.4 Å². The van der Waals surface area contributed by atoms with Crippen LogP contribution >= 0.6 is 22.6 Å². The topological polar surface area (TPSA) is 62.5 Å². The third kappa shape index (κ3) is 3.24. The molecule has 1 N–H and O–H groups in total. The second-order valence-electron chi connectivity index (χ2n) is 4.96. The number of likely N-dealkylation sites (N-methyl/N-ethyl adjacent to an activating group) is 1. The minimum absolute atomic E-state index is 0.222. The Bertz CT molecular complexity index is 771. The average molecular weight is 404 g/mol. The van der Waals surface area contributed by atoms with Crippen molar-refractivity contribution in [3.8, 4) is 0 Å². The number of fused-ring (bicyclic) bond motifs is 1. The van der Waals surface area contributed by atoms with Gasteiger partial charge in [0.2, 0.25) is 5.43 Å². The molecule has 0 fully saturated rings. The van der Waals surface area contributed by atoms with Gasteiger partial charge in [0.15, 0.2) is 0 Å². The van der Waals surface area contributed by atoms with E-state index < -0.39 is 17.2 Å². The summed E-state index contributed by atoms with van der Waals surface area (Å²) in [6, 6.07) is 2.67. The van der Waals surface area contributed by atoms with E-state index in [-0.39, 0.29) is 10.9 Å². The lowest BCUT2D eigenvalue weighted by atomic mass is 10.1. The number of nitrogens with zero attached hydrogens (tertiary/aromatic N) is 2. The molecule has 112 valence electrons. The summed E-state index contributed by atoms with van der Waals surface area (Å²) in [6.45, 7) is 1.11. The molecular formula is C14H14FIN2O3. The zero-order valence-corrected chi connectivity index (χ0v) is 13.7. The zero-order chi connectivity index (χ0) is 15.7. The van der Waals surface area contributed by atoms with E-state index in [0.717, 1.165) is 0 Å². The summed E-state index contributed by atoms with van der Waals surface area (Å²) in [5.41, 5.74) is -0.482. The molecule has 21 heavy (non-hydrogen) atoms. The van der Waals surface area contributed by atoms with Crippen molar-refractivity contribution < 1.29 is 14.3 Å². The molecule has 1 heterocycles. The van der Waals surface area contributed by atoms with E-state index in [2.05, 4.69) is 0 Å². The molecule has 0 bridgehead atoms. The molecule has 0 aliphatic carbocycles. The standard InChI is InChI=1S/C14H14FIN2O3/c1-17(2)3-4-18-7-9(14(20)21)13(19)8-5-11(16)10(15)6-12(8)18/h5-7H,3-4H2,1-2H3,(H,20,21). The average Bonchev–Trinajstić information content (AvgIpc) is 2.39.